The van der Waals surface area contributed by atoms with Crippen molar-refractivity contribution in [2.45, 2.75) is 12.8 Å². The Balaban J connectivity index is 1.63. The van der Waals surface area contributed by atoms with Crippen molar-refractivity contribution in [2.24, 2.45) is 0 Å². The largest absolute Gasteiger partial charge is 0.481 e. The monoisotopic (exact) mass is 502 g/mol. The maximum atomic E-state index is 11.8. The normalized spacial score (nSPS) is 10.2. The Morgan fingerprint density at radius 3 is 2.16 bits per heavy atom. The Bertz CT molecular complexity index is 1500. The highest BCUT2D eigenvalue weighted by Gasteiger charge is 2.14. The molecule has 0 bridgehead atoms. The number of hydrogen-bond acceptors (Lipinski definition) is 4. The Labute approximate surface area is 221 Å². The predicted molar refractivity (Wildman–Crippen MR) is 149 cm³/mol. The standard InChI is InChI=1S/C31H26N4O3/c1-4-20-38-28-17-10-23(11-18-28)22-6-8-24(9-7-22)29-21-26(14-19-31(37)32-3)34-35(29)27-15-12-25(13-16-27)33-30(36)5-2/h1-2,6-13,15-18,21H,14,19-20H2,3H3,(H,32,37)(H,33,36). The van der Waals surface area contributed by atoms with Crippen molar-refractivity contribution in [2.75, 3.05) is 19.0 Å². The van der Waals surface area contributed by atoms with Gasteiger partial charge in [-0.2, -0.15) is 5.10 Å². The number of aryl methyl sites for hydroxylation is 1. The molecule has 2 amide bonds. The zero-order chi connectivity index (χ0) is 26.9. The Morgan fingerprint density at radius 2 is 1.55 bits per heavy atom. The maximum absolute atomic E-state index is 11.8. The molecular formula is C31H26N4O3. The summed E-state index contributed by atoms with van der Waals surface area (Å²) >= 11 is 0. The first-order valence-electron chi connectivity index (χ1n) is 12.0. The van der Waals surface area contributed by atoms with Gasteiger partial charge in [0.15, 0.2) is 0 Å². The number of carbonyl (C=O) groups excluding carboxylic acids is 2. The second-order valence-corrected chi connectivity index (χ2v) is 8.35. The van der Waals surface area contributed by atoms with Crippen LogP contribution in [0, 0.1) is 24.7 Å². The van der Waals surface area contributed by atoms with Crippen LogP contribution in [-0.4, -0.2) is 35.2 Å². The number of rotatable bonds is 9. The molecule has 0 radical (unpaired) electrons. The number of aromatic nitrogens is 2. The van der Waals surface area contributed by atoms with E-state index in [2.05, 4.69) is 16.6 Å². The van der Waals surface area contributed by atoms with Crippen LogP contribution in [0.25, 0.3) is 28.1 Å². The van der Waals surface area contributed by atoms with Crippen LogP contribution in [0.3, 0.4) is 0 Å². The summed E-state index contributed by atoms with van der Waals surface area (Å²) in [4.78, 5) is 23.3. The Hall–Kier alpha value is -5.27. The van der Waals surface area contributed by atoms with E-state index < -0.39 is 5.91 Å². The van der Waals surface area contributed by atoms with E-state index in [0.717, 1.165) is 39.5 Å². The molecule has 0 aliphatic rings. The molecule has 0 saturated heterocycles. The molecule has 0 atom stereocenters. The quantitative estimate of drug-likeness (QED) is 0.331. The summed E-state index contributed by atoms with van der Waals surface area (Å²) in [7, 11) is 1.62. The number of anilines is 1. The molecule has 38 heavy (non-hydrogen) atoms. The lowest BCUT2D eigenvalue weighted by atomic mass is 10.0. The molecule has 0 saturated carbocycles. The van der Waals surface area contributed by atoms with E-state index in [-0.39, 0.29) is 12.5 Å². The summed E-state index contributed by atoms with van der Waals surface area (Å²) < 4.78 is 7.29. The summed E-state index contributed by atoms with van der Waals surface area (Å²) in [5.41, 5.74) is 6.13. The fourth-order valence-corrected chi connectivity index (χ4v) is 3.88. The molecule has 0 fully saturated rings. The minimum absolute atomic E-state index is 0.0465. The van der Waals surface area contributed by atoms with Gasteiger partial charge in [0.2, 0.25) is 5.91 Å². The van der Waals surface area contributed by atoms with E-state index >= 15 is 0 Å². The lowest BCUT2D eigenvalue weighted by Crippen LogP contribution is -2.18. The summed E-state index contributed by atoms with van der Waals surface area (Å²) in [6.45, 7) is 0.231. The van der Waals surface area contributed by atoms with Crippen LogP contribution in [0.4, 0.5) is 5.69 Å². The van der Waals surface area contributed by atoms with Crippen LogP contribution in [0.5, 0.6) is 5.75 Å². The average Bonchev–Trinajstić information content (AvgIpc) is 3.39. The maximum Gasteiger partial charge on any atom is 0.300 e. The van der Waals surface area contributed by atoms with E-state index in [1.165, 1.54) is 0 Å². The van der Waals surface area contributed by atoms with Crippen molar-refractivity contribution in [3.05, 3.63) is 84.6 Å². The van der Waals surface area contributed by atoms with Gasteiger partial charge in [-0.15, -0.1) is 12.8 Å². The van der Waals surface area contributed by atoms with Crippen LogP contribution in [0.2, 0.25) is 0 Å². The second-order valence-electron chi connectivity index (χ2n) is 8.35. The molecule has 4 rings (SSSR count). The highest BCUT2D eigenvalue weighted by atomic mass is 16.5. The van der Waals surface area contributed by atoms with Crippen molar-refractivity contribution in [3.8, 4) is 58.5 Å². The number of benzene rings is 3. The van der Waals surface area contributed by atoms with Crippen molar-refractivity contribution in [3.63, 3.8) is 0 Å². The minimum atomic E-state index is -0.510. The lowest BCUT2D eigenvalue weighted by Gasteiger charge is -2.10. The first-order valence-corrected chi connectivity index (χ1v) is 12.0. The number of nitrogens with one attached hydrogen (secondary N) is 2. The van der Waals surface area contributed by atoms with Crippen LogP contribution in [0.15, 0.2) is 78.9 Å². The van der Waals surface area contributed by atoms with Gasteiger partial charge in [-0.05, 0) is 59.5 Å². The molecule has 7 heteroatoms. The van der Waals surface area contributed by atoms with Gasteiger partial charge in [-0.25, -0.2) is 4.68 Å². The molecule has 0 spiro atoms. The van der Waals surface area contributed by atoms with Gasteiger partial charge >= 0.3 is 0 Å². The minimum Gasteiger partial charge on any atom is -0.481 e. The predicted octanol–water partition coefficient (Wildman–Crippen LogP) is 4.47. The van der Waals surface area contributed by atoms with E-state index in [4.69, 9.17) is 22.7 Å². The van der Waals surface area contributed by atoms with Crippen LogP contribution in [0.1, 0.15) is 12.1 Å². The number of hydrogen-bond donors (Lipinski definition) is 2. The average molecular weight is 503 g/mol. The van der Waals surface area contributed by atoms with Gasteiger partial charge in [0.25, 0.3) is 5.91 Å². The van der Waals surface area contributed by atoms with Crippen molar-refractivity contribution >= 4 is 17.5 Å². The fraction of sp³-hybridized carbons (Fsp3) is 0.129. The molecular weight excluding hydrogens is 476 g/mol. The molecule has 2 N–H and O–H groups in total. The first kappa shape index (κ1) is 25.8. The first-order chi connectivity index (χ1) is 18.5. The number of carbonyl (C=O) groups is 2. The number of ether oxygens (including phenoxy) is 1. The Kier molecular flexibility index (Phi) is 8.23. The lowest BCUT2D eigenvalue weighted by molar-refractivity contribution is -0.120. The van der Waals surface area contributed by atoms with Crippen LogP contribution in [-0.2, 0) is 16.0 Å². The Morgan fingerprint density at radius 1 is 0.921 bits per heavy atom. The van der Waals surface area contributed by atoms with Gasteiger partial charge in [0, 0.05) is 31.1 Å². The second kappa shape index (κ2) is 12.1. The van der Waals surface area contributed by atoms with Crippen molar-refractivity contribution in [1.82, 2.24) is 15.1 Å². The number of terminal acetylenes is 2. The molecule has 0 unspecified atom stereocenters. The summed E-state index contributed by atoms with van der Waals surface area (Å²) in [5.74, 6) is 4.66. The molecule has 188 valence electrons. The van der Waals surface area contributed by atoms with Crippen LogP contribution >= 0.6 is 0 Å². The van der Waals surface area contributed by atoms with E-state index in [1.807, 2.05) is 77.3 Å². The SMILES string of the molecule is C#CCOc1ccc(-c2ccc(-c3cc(CCC(=O)NC)nn3-c3ccc(NC(=O)C#C)cc3)cc2)cc1. The third-order valence-electron chi connectivity index (χ3n) is 5.84. The third-order valence-corrected chi connectivity index (χ3v) is 5.84. The van der Waals surface area contributed by atoms with Gasteiger partial charge in [-0.3, -0.25) is 9.59 Å². The third kappa shape index (κ3) is 6.29. The highest BCUT2D eigenvalue weighted by Crippen LogP contribution is 2.29. The van der Waals surface area contributed by atoms with Crippen LogP contribution < -0.4 is 15.4 Å². The van der Waals surface area contributed by atoms with Gasteiger partial charge in [0.1, 0.15) is 12.4 Å². The highest BCUT2D eigenvalue weighted by molar-refractivity contribution is 6.03. The number of amides is 2. The van der Waals surface area contributed by atoms with E-state index in [1.54, 1.807) is 19.2 Å². The smallest absolute Gasteiger partial charge is 0.300 e. The summed E-state index contributed by atoms with van der Waals surface area (Å²) in [5, 5.41) is 10.0. The van der Waals surface area contributed by atoms with Gasteiger partial charge in [0.05, 0.1) is 17.1 Å². The molecule has 3 aromatic carbocycles. The van der Waals surface area contributed by atoms with Gasteiger partial charge in [-0.1, -0.05) is 42.3 Å². The van der Waals surface area contributed by atoms with E-state index in [9.17, 15) is 9.59 Å². The summed E-state index contributed by atoms with van der Waals surface area (Å²) in [6.07, 6.45) is 11.2. The molecule has 4 aromatic rings. The zero-order valence-electron chi connectivity index (χ0n) is 20.9. The zero-order valence-corrected chi connectivity index (χ0v) is 20.9. The molecule has 0 aliphatic carbocycles. The molecule has 0 aliphatic heterocycles. The topological polar surface area (TPSA) is 85.2 Å². The van der Waals surface area contributed by atoms with E-state index in [0.29, 0.717) is 18.5 Å². The van der Waals surface area contributed by atoms with Crippen molar-refractivity contribution < 1.29 is 14.3 Å². The summed E-state index contributed by atoms with van der Waals surface area (Å²) in [6, 6.07) is 25.2. The molecule has 1 heterocycles. The molecule has 7 nitrogen and oxygen atoms in total. The van der Waals surface area contributed by atoms with Gasteiger partial charge < -0.3 is 15.4 Å². The van der Waals surface area contributed by atoms with Crippen molar-refractivity contribution in [1.29, 1.82) is 0 Å². The number of nitrogens with zero attached hydrogens (tertiary/aromatic N) is 2. The fourth-order valence-electron chi connectivity index (χ4n) is 3.88. The molecule has 1 aromatic heterocycles.